The number of hydrogen-bond acceptors (Lipinski definition) is 5. The van der Waals surface area contributed by atoms with E-state index in [9.17, 15) is 0 Å². The predicted octanol–water partition coefficient (Wildman–Crippen LogP) is 3.75. The Morgan fingerprint density at radius 2 is 1.76 bits per heavy atom. The number of piperidine rings is 1. The van der Waals surface area contributed by atoms with Gasteiger partial charge in [-0.05, 0) is 56.5 Å². The van der Waals surface area contributed by atoms with Crippen molar-refractivity contribution in [3.8, 4) is 0 Å². The van der Waals surface area contributed by atoms with Crippen LogP contribution in [-0.2, 0) is 0 Å². The topological polar surface area (TPSA) is 53.9 Å². The molecule has 0 saturated carbocycles. The lowest BCUT2D eigenvalue weighted by Gasteiger charge is -2.27. The van der Waals surface area contributed by atoms with Crippen molar-refractivity contribution in [3.63, 3.8) is 0 Å². The molecule has 1 aromatic heterocycles. The fraction of sp³-hybridized carbons (Fsp3) is 0.800. The average Bonchev–Trinajstić information content (AvgIpc) is 2.45. The molecule has 1 aliphatic rings. The first kappa shape index (κ1) is 16.3. The summed E-state index contributed by atoms with van der Waals surface area (Å²) in [5.41, 5.74) is 0. The van der Waals surface area contributed by atoms with Gasteiger partial charge in [0.1, 0.15) is 0 Å². The summed E-state index contributed by atoms with van der Waals surface area (Å²) in [4.78, 5) is 15.2. The molecule has 118 valence electrons. The second kappa shape index (κ2) is 7.78. The van der Waals surface area contributed by atoms with E-state index in [0.717, 1.165) is 19.5 Å². The van der Waals surface area contributed by atoms with Gasteiger partial charge in [0.25, 0.3) is 0 Å². The maximum atomic E-state index is 6.05. The van der Waals surface area contributed by atoms with Crippen LogP contribution in [0.3, 0.4) is 0 Å². The fourth-order valence-electron chi connectivity index (χ4n) is 2.52. The zero-order valence-corrected chi connectivity index (χ0v) is 14.0. The number of rotatable bonds is 6. The molecule has 1 aliphatic heterocycles. The molecule has 2 heterocycles. The van der Waals surface area contributed by atoms with Crippen LogP contribution in [0.25, 0.3) is 0 Å². The summed E-state index contributed by atoms with van der Waals surface area (Å²) in [6.07, 6.45) is 5.95. The largest absolute Gasteiger partial charge is 0.352 e. The van der Waals surface area contributed by atoms with Crippen molar-refractivity contribution in [2.24, 2.45) is 5.92 Å². The quantitative estimate of drug-likeness (QED) is 0.867. The van der Waals surface area contributed by atoms with Crippen LogP contribution in [0.5, 0.6) is 0 Å². The monoisotopic (exact) mass is 311 g/mol. The normalized spacial score (nSPS) is 17.1. The molecule has 1 saturated heterocycles. The summed E-state index contributed by atoms with van der Waals surface area (Å²) in [5.74, 6) is 2.00. The molecule has 0 radical (unpaired) electrons. The lowest BCUT2D eigenvalue weighted by atomic mass is 10.0. The van der Waals surface area contributed by atoms with Crippen molar-refractivity contribution in [3.05, 3.63) is 5.28 Å². The van der Waals surface area contributed by atoms with Gasteiger partial charge in [-0.15, -0.1) is 0 Å². The van der Waals surface area contributed by atoms with E-state index >= 15 is 0 Å². The third-order valence-corrected chi connectivity index (χ3v) is 3.96. The standard InChI is InChI=1S/C15H26ClN5/c1-11(2)7-8-12(3)17-14-18-13(16)19-15(20-14)21-9-5-4-6-10-21/h11-12H,4-10H2,1-3H3,(H,17,18,19,20). The maximum absolute atomic E-state index is 6.05. The van der Waals surface area contributed by atoms with Gasteiger partial charge in [0.15, 0.2) is 0 Å². The van der Waals surface area contributed by atoms with E-state index < -0.39 is 0 Å². The van der Waals surface area contributed by atoms with Crippen LogP contribution >= 0.6 is 11.6 Å². The first-order valence-electron chi connectivity index (χ1n) is 7.97. The molecule has 0 aromatic carbocycles. The predicted molar refractivity (Wildman–Crippen MR) is 88.1 cm³/mol. The van der Waals surface area contributed by atoms with E-state index in [-0.39, 0.29) is 5.28 Å². The van der Waals surface area contributed by atoms with Gasteiger partial charge in [-0.2, -0.15) is 15.0 Å². The molecular formula is C15H26ClN5. The summed E-state index contributed by atoms with van der Waals surface area (Å²) >= 11 is 6.05. The maximum Gasteiger partial charge on any atom is 0.231 e. The third-order valence-electron chi connectivity index (χ3n) is 3.79. The summed E-state index contributed by atoms with van der Waals surface area (Å²) in [6.45, 7) is 8.63. The SMILES string of the molecule is CC(C)CCC(C)Nc1nc(Cl)nc(N2CCCCC2)n1. The number of nitrogens with one attached hydrogen (secondary N) is 1. The van der Waals surface area contributed by atoms with E-state index in [4.69, 9.17) is 11.6 Å². The zero-order valence-electron chi connectivity index (χ0n) is 13.3. The second-order valence-electron chi connectivity index (χ2n) is 6.29. The van der Waals surface area contributed by atoms with E-state index in [0.29, 0.717) is 23.9 Å². The zero-order chi connectivity index (χ0) is 15.2. The molecule has 0 amide bonds. The molecule has 2 rings (SSSR count). The van der Waals surface area contributed by atoms with E-state index in [2.05, 4.69) is 45.9 Å². The number of aromatic nitrogens is 3. The Morgan fingerprint density at radius 1 is 1.05 bits per heavy atom. The first-order chi connectivity index (χ1) is 10.0. The van der Waals surface area contributed by atoms with Crippen LogP contribution in [0.1, 0.15) is 52.9 Å². The van der Waals surface area contributed by atoms with Crippen LogP contribution in [0.15, 0.2) is 0 Å². The van der Waals surface area contributed by atoms with Gasteiger partial charge >= 0.3 is 0 Å². The molecule has 5 nitrogen and oxygen atoms in total. The number of nitrogens with zero attached hydrogens (tertiary/aromatic N) is 4. The van der Waals surface area contributed by atoms with Crippen molar-refractivity contribution in [2.45, 2.75) is 58.9 Å². The van der Waals surface area contributed by atoms with Gasteiger partial charge in [-0.3, -0.25) is 0 Å². The van der Waals surface area contributed by atoms with E-state index in [1.807, 2.05) is 0 Å². The second-order valence-corrected chi connectivity index (χ2v) is 6.63. The first-order valence-corrected chi connectivity index (χ1v) is 8.35. The van der Waals surface area contributed by atoms with Crippen LogP contribution in [0.2, 0.25) is 5.28 Å². The third kappa shape index (κ3) is 5.30. The van der Waals surface area contributed by atoms with Crippen molar-refractivity contribution in [2.75, 3.05) is 23.3 Å². The number of halogens is 1. The highest BCUT2D eigenvalue weighted by atomic mass is 35.5. The van der Waals surface area contributed by atoms with Gasteiger partial charge in [-0.1, -0.05) is 13.8 Å². The minimum Gasteiger partial charge on any atom is -0.352 e. The molecule has 1 unspecified atom stereocenters. The minimum absolute atomic E-state index is 0.268. The highest BCUT2D eigenvalue weighted by Gasteiger charge is 2.16. The van der Waals surface area contributed by atoms with Gasteiger partial charge in [0.05, 0.1) is 0 Å². The summed E-state index contributed by atoms with van der Waals surface area (Å²) in [6, 6.07) is 0.333. The molecule has 1 atom stereocenters. The number of anilines is 2. The van der Waals surface area contributed by atoms with Gasteiger partial charge in [0, 0.05) is 19.1 Å². The average molecular weight is 312 g/mol. The summed E-state index contributed by atoms with van der Waals surface area (Å²) in [7, 11) is 0. The Bertz CT molecular complexity index is 446. The fourth-order valence-corrected chi connectivity index (χ4v) is 2.67. The molecular weight excluding hydrogens is 286 g/mol. The Morgan fingerprint density at radius 3 is 2.43 bits per heavy atom. The molecule has 0 spiro atoms. The van der Waals surface area contributed by atoms with Crippen LogP contribution < -0.4 is 10.2 Å². The molecule has 1 fully saturated rings. The molecule has 0 aliphatic carbocycles. The highest BCUT2D eigenvalue weighted by Crippen LogP contribution is 2.19. The Kier molecular flexibility index (Phi) is 6.03. The number of hydrogen-bond donors (Lipinski definition) is 1. The molecule has 1 N–H and O–H groups in total. The minimum atomic E-state index is 0.268. The van der Waals surface area contributed by atoms with E-state index in [1.54, 1.807) is 0 Å². The lowest BCUT2D eigenvalue weighted by molar-refractivity contribution is 0.526. The Hall–Kier alpha value is -1.10. The molecule has 1 aromatic rings. The van der Waals surface area contributed by atoms with Crippen molar-refractivity contribution in [1.82, 2.24) is 15.0 Å². The van der Waals surface area contributed by atoms with Crippen LogP contribution in [0, 0.1) is 5.92 Å². The lowest BCUT2D eigenvalue weighted by Crippen LogP contribution is -2.31. The highest BCUT2D eigenvalue weighted by molar-refractivity contribution is 6.28. The van der Waals surface area contributed by atoms with Crippen molar-refractivity contribution >= 4 is 23.5 Å². The van der Waals surface area contributed by atoms with Crippen LogP contribution in [-0.4, -0.2) is 34.1 Å². The Labute approximate surface area is 132 Å². The molecule has 6 heteroatoms. The van der Waals surface area contributed by atoms with Gasteiger partial charge in [-0.25, -0.2) is 0 Å². The van der Waals surface area contributed by atoms with Crippen LogP contribution in [0.4, 0.5) is 11.9 Å². The summed E-state index contributed by atoms with van der Waals surface area (Å²) < 4.78 is 0. The van der Waals surface area contributed by atoms with Crippen molar-refractivity contribution in [1.29, 1.82) is 0 Å². The Balaban J connectivity index is 2.00. The smallest absolute Gasteiger partial charge is 0.231 e. The summed E-state index contributed by atoms with van der Waals surface area (Å²) in [5, 5.41) is 3.61. The molecule has 21 heavy (non-hydrogen) atoms. The van der Waals surface area contributed by atoms with Crippen molar-refractivity contribution < 1.29 is 0 Å². The van der Waals surface area contributed by atoms with Gasteiger partial charge in [0.2, 0.25) is 17.2 Å². The molecule has 0 bridgehead atoms. The van der Waals surface area contributed by atoms with Gasteiger partial charge < -0.3 is 10.2 Å². The van der Waals surface area contributed by atoms with E-state index in [1.165, 1.54) is 25.7 Å².